The van der Waals surface area contributed by atoms with Crippen LogP contribution in [0.5, 0.6) is 0 Å². The number of nitrogens with zero attached hydrogens (tertiary/aromatic N) is 3. The maximum Gasteiger partial charge on any atom is 0.276 e. The average molecular weight is 373 g/mol. The predicted molar refractivity (Wildman–Crippen MR) is 94.7 cm³/mol. The molecular formula is C17H17BrN4O. The number of fused-ring (bicyclic) bond motifs is 1. The standard InChI is InChI=1S/C17H17BrN4O/c1-21(2)11-14-16(20-15-5-3-4-10-22(14)15)17(23)19-13-8-6-12(18)7-9-13/h3-10H,11H2,1-2H3,(H,19,23). The van der Waals surface area contributed by atoms with Crippen molar-refractivity contribution in [3.63, 3.8) is 0 Å². The van der Waals surface area contributed by atoms with Gasteiger partial charge in [-0.2, -0.15) is 0 Å². The van der Waals surface area contributed by atoms with E-state index >= 15 is 0 Å². The molecule has 0 radical (unpaired) electrons. The van der Waals surface area contributed by atoms with Crippen LogP contribution in [0.4, 0.5) is 5.69 Å². The topological polar surface area (TPSA) is 49.6 Å². The van der Waals surface area contributed by atoms with Gasteiger partial charge in [0.1, 0.15) is 5.65 Å². The molecule has 0 aliphatic carbocycles. The number of amides is 1. The molecule has 118 valence electrons. The summed E-state index contributed by atoms with van der Waals surface area (Å²) in [7, 11) is 3.94. The normalized spacial score (nSPS) is 11.1. The van der Waals surface area contributed by atoms with Crippen molar-refractivity contribution in [2.45, 2.75) is 6.54 Å². The minimum absolute atomic E-state index is 0.201. The van der Waals surface area contributed by atoms with Crippen molar-refractivity contribution < 1.29 is 4.79 Å². The Hall–Kier alpha value is -2.18. The summed E-state index contributed by atoms with van der Waals surface area (Å²) in [6, 6.07) is 13.2. The molecule has 2 heterocycles. The van der Waals surface area contributed by atoms with Crippen LogP contribution < -0.4 is 5.32 Å². The molecule has 1 aromatic carbocycles. The number of benzene rings is 1. The van der Waals surface area contributed by atoms with E-state index in [-0.39, 0.29) is 5.91 Å². The fraction of sp³-hybridized carbons (Fsp3) is 0.176. The van der Waals surface area contributed by atoms with Crippen molar-refractivity contribution >= 4 is 33.2 Å². The quantitative estimate of drug-likeness (QED) is 0.763. The maximum absolute atomic E-state index is 12.7. The Balaban J connectivity index is 1.97. The number of imidazole rings is 1. The van der Waals surface area contributed by atoms with Crippen LogP contribution in [0.3, 0.4) is 0 Å². The summed E-state index contributed by atoms with van der Waals surface area (Å²) in [5.41, 5.74) is 2.84. The summed E-state index contributed by atoms with van der Waals surface area (Å²) in [6.45, 7) is 0.633. The second-order valence-corrected chi connectivity index (χ2v) is 6.45. The number of hydrogen-bond donors (Lipinski definition) is 1. The second-order valence-electron chi connectivity index (χ2n) is 5.53. The molecule has 3 rings (SSSR count). The molecule has 0 saturated heterocycles. The van der Waals surface area contributed by atoms with Crippen LogP contribution in [0.2, 0.25) is 0 Å². The van der Waals surface area contributed by atoms with Crippen molar-refractivity contribution in [3.05, 3.63) is 64.5 Å². The highest BCUT2D eigenvalue weighted by Crippen LogP contribution is 2.18. The lowest BCUT2D eigenvalue weighted by Gasteiger charge is -2.11. The Labute approximate surface area is 143 Å². The average Bonchev–Trinajstić information content (AvgIpc) is 2.88. The molecule has 0 atom stereocenters. The third-order valence-electron chi connectivity index (χ3n) is 3.41. The summed E-state index contributed by atoms with van der Waals surface area (Å²) in [5.74, 6) is -0.201. The van der Waals surface area contributed by atoms with Crippen molar-refractivity contribution in [2.75, 3.05) is 19.4 Å². The van der Waals surface area contributed by atoms with E-state index in [1.54, 1.807) is 0 Å². The summed E-state index contributed by atoms with van der Waals surface area (Å²) in [5, 5.41) is 2.91. The van der Waals surface area contributed by atoms with Gasteiger partial charge in [0.2, 0.25) is 0 Å². The van der Waals surface area contributed by atoms with Crippen molar-refractivity contribution in [2.24, 2.45) is 0 Å². The molecule has 1 N–H and O–H groups in total. The van der Waals surface area contributed by atoms with Crippen LogP contribution >= 0.6 is 15.9 Å². The number of carbonyl (C=O) groups is 1. The van der Waals surface area contributed by atoms with Crippen molar-refractivity contribution in [1.29, 1.82) is 0 Å². The molecule has 0 spiro atoms. The van der Waals surface area contributed by atoms with Crippen LogP contribution in [0, 0.1) is 0 Å². The van der Waals surface area contributed by atoms with Gasteiger partial charge >= 0.3 is 0 Å². The molecule has 0 unspecified atom stereocenters. The molecule has 0 saturated carbocycles. The SMILES string of the molecule is CN(C)Cc1c(C(=O)Nc2ccc(Br)cc2)nc2ccccn12. The van der Waals surface area contributed by atoms with Crippen LogP contribution in [-0.4, -0.2) is 34.3 Å². The lowest BCUT2D eigenvalue weighted by atomic mass is 10.2. The highest BCUT2D eigenvalue weighted by atomic mass is 79.9. The fourth-order valence-electron chi connectivity index (χ4n) is 2.40. The number of carbonyl (C=O) groups excluding carboxylic acids is 1. The lowest BCUT2D eigenvalue weighted by molar-refractivity contribution is 0.102. The third-order valence-corrected chi connectivity index (χ3v) is 3.94. The number of nitrogens with one attached hydrogen (secondary N) is 1. The van der Waals surface area contributed by atoms with E-state index in [4.69, 9.17) is 0 Å². The summed E-state index contributed by atoms with van der Waals surface area (Å²) in [6.07, 6.45) is 1.93. The molecule has 0 bridgehead atoms. The minimum Gasteiger partial charge on any atom is -0.321 e. The van der Waals surface area contributed by atoms with Crippen LogP contribution in [0.15, 0.2) is 53.1 Å². The highest BCUT2D eigenvalue weighted by molar-refractivity contribution is 9.10. The number of anilines is 1. The van der Waals surface area contributed by atoms with Crippen LogP contribution in [-0.2, 0) is 6.54 Å². The summed E-state index contributed by atoms with van der Waals surface area (Å²) >= 11 is 3.38. The third kappa shape index (κ3) is 3.43. The lowest BCUT2D eigenvalue weighted by Crippen LogP contribution is -2.19. The number of pyridine rings is 1. The van der Waals surface area contributed by atoms with Gasteiger partial charge in [-0.15, -0.1) is 0 Å². The molecule has 5 nitrogen and oxygen atoms in total. The van der Waals surface area contributed by atoms with Crippen molar-refractivity contribution in [3.8, 4) is 0 Å². The molecule has 23 heavy (non-hydrogen) atoms. The summed E-state index contributed by atoms with van der Waals surface area (Å²) in [4.78, 5) is 19.2. The monoisotopic (exact) mass is 372 g/mol. The van der Waals surface area contributed by atoms with E-state index in [2.05, 4.69) is 26.2 Å². The van der Waals surface area contributed by atoms with E-state index in [1.807, 2.05) is 72.1 Å². The maximum atomic E-state index is 12.7. The van der Waals surface area contributed by atoms with Gasteiger partial charge in [0.05, 0.1) is 5.69 Å². The van der Waals surface area contributed by atoms with Gasteiger partial charge in [0, 0.05) is 22.9 Å². The Bertz CT molecular complexity index is 839. The molecule has 2 aromatic heterocycles. The summed E-state index contributed by atoms with van der Waals surface area (Å²) < 4.78 is 2.92. The molecule has 1 amide bonds. The van der Waals surface area contributed by atoms with Gasteiger partial charge in [-0.1, -0.05) is 22.0 Å². The van der Waals surface area contributed by atoms with Crippen LogP contribution in [0.1, 0.15) is 16.2 Å². The van der Waals surface area contributed by atoms with E-state index in [9.17, 15) is 4.79 Å². The minimum atomic E-state index is -0.201. The Morgan fingerprint density at radius 2 is 1.96 bits per heavy atom. The molecule has 0 aliphatic heterocycles. The zero-order valence-electron chi connectivity index (χ0n) is 13.0. The van der Waals surface area contributed by atoms with E-state index < -0.39 is 0 Å². The molecule has 0 aliphatic rings. The van der Waals surface area contributed by atoms with Crippen LogP contribution in [0.25, 0.3) is 5.65 Å². The largest absolute Gasteiger partial charge is 0.321 e. The van der Waals surface area contributed by atoms with E-state index in [1.165, 1.54) is 0 Å². The fourth-order valence-corrected chi connectivity index (χ4v) is 2.67. The van der Waals surface area contributed by atoms with E-state index in [0.717, 1.165) is 21.5 Å². The van der Waals surface area contributed by atoms with Gasteiger partial charge in [0.15, 0.2) is 5.69 Å². The number of aromatic nitrogens is 2. The first-order chi connectivity index (χ1) is 11.0. The molecule has 6 heteroatoms. The predicted octanol–water partition coefficient (Wildman–Crippen LogP) is 3.41. The zero-order valence-corrected chi connectivity index (χ0v) is 14.5. The number of hydrogen-bond acceptors (Lipinski definition) is 3. The molecule has 0 fully saturated rings. The van der Waals surface area contributed by atoms with E-state index in [0.29, 0.717) is 12.2 Å². The number of halogens is 1. The van der Waals surface area contributed by atoms with Gasteiger partial charge in [0.25, 0.3) is 5.91 Å². The Morgan fingerprint density at radius 1 is 1.22 bits per heavy atom. The molecular weight excluding hydrogens is 356 g/mol. The molecule has 3 aromatic rings. The highest BCUT2D eigenvalue weighted by Gasteiger charge is 2.19. The Morgan fingerprint density at radius 3 is 2.65 bits per heavy atom. The first-order valence-electron chi connectivity index (χ1n) is 7.22. The smallest absolute Gasteiger partial charge is 0.276 e. The first-order valence-corrected chi connectivity index (χ1v) is 8.01. The van der Waals surface area contributed by atoms with Gasteiger partial charge in [-0.05, 0) is 50.5 Å². The Kier molecular flexibility index (Phi) is 4.45. The second kappa shape index (κ2) is 6.52. The zero-order chi connectivity index (χ0) is 16.4. The first kappa shape index (κ1) is 15.7. The van der Waals surface area contributed by atoms with Gasteiger partial charge in [-0.3, -0.25) is 4.79 Å². The number of rotatable bonds is 4. The van der Waals surface area contributed by atoms with Gasteiger partial charge in [-0.25, -0.2) is 4.98 Å². The van der Waals surface area contributed by atoms with Crippen molar-refractivity contribution in [1.82, 2.24) is 14.3 Å². The van der Waals surface area contributed by atoms with Gasteiger partial charge < -0.3 is 14.6 Å².